The molecule has 5 heteroatoms. The fraction of sp³-hybridized carbons (Fsp3) is 0.667. The van der Waals surface area contributed by atoms with Crippen molar-refractivity contribution in [1.29, 1.82) is 0 Å². The van der Waals surface area contributed by atoms with Crippen LogP contribution in [0.4, 0.5) is 5.69 Å². The van der Waals surface area contributed by atoms with E-state index in [9.17, 15) is 10.1 Å². The van der Waals surface area contributed by atoms with E-state index in [1.807, 2.05) is 12.1 Å². The Kier molecular flexibility index (Phi) is 5.28. The monoisotopic (exact) mass is 317 g/mol. The highest BCUT2D eigenvalue weighted by molar-refractivity contribution is 5.32. The molecule has 0 bridgehead atoms. The lowest BCUT2D eigenvalue weighted by Crippen LogP contribution is -2.50. The maximum absolute atomic E-state index is 10.7. The summed E-state index contributed by atoms with van der Waals surface area (Å²) >= 11 is 0. The van der Waals surface area contributed by atoms with Crippen LogP contribution in [0.3, 0.4) is 0 Å². The van der Waals surface area contributed by atoms with E-state index in [0.29, 0.717) is 0 Å². The summed E-state index contributed by atoms with van der Waals surface area (Å²) in [7, 11) is 0. The topological polar surface area (TPSA) is 49.6 Å². The van der Waals surface area contributed by atoms with Gasteiger partial charge in [-0.05, 0) is 24.3 Å². The molecule has 1 aromatic carbocycles. The van der Waals surface area contributed by atoms with Crippen molar-refractivity contribution < 1.29 is 4.92 Å². The molecule has 0 radical (unpaired) electrons. The number of nitro groups is 1. The zero-order valence-corrected chi connectivity index (χ0v) is 14.0. The van der Waals surface area contributed by atoms with Gasteiger partial charge in [0.05, 0.1) is 4.92 Å². The van der Waals surface area contributed by atoms with Crippen LogP contribution in [0.25, 0.3) is 0 Å². The molecule has 1 aromatic rings. The van der Waals surface area contributed by atoms with Crippen LogP contribution >= 0.6 is 0 Å². The Labute approximate surface area is 138 Å². The summed E-state index contributed by atoms with van der Waals surface area (Å²) in [4.78, 5) is 15.5. The lowest BCUT2D eigenvalue weighted by molar-refractivity contribution is -0.384. The van der Waals surface area contributed by atoms with Crippen LogP contribution in [0.15, 0.2) is 24.3 Å². The van der Waals surface area contributed by atoms with Gasteiger partial charge in [0.1, 0.15) is 0 Å². The molecule has 0 unspecified atom stereocenters. The van der Waals surface area contributed by atoms with Crippen LogP contribution in [0.5, 0.6) is 0 Å². The Morgan fingerprint density at radius 1 is 1.13 bits per heavy atom. The first kappa shape index (κ1) is 16.4. The molecule has 126 valence electrons. The van der Waals surface area contributed by atoms with Crippen LogP contribution in [0.1, 0.15) is 38.2 Å². The molecule has 2 atom stereocenters. The predicted octanol–water partition coefficient (Wildman–Crippen LogP) is 3.29. The number of benzene rings is 1. The van der Waals surface area contributed by atoms with E-state index in [0.717, 1.165) is 50.2 Å². The molecule has 1 saturated heterocycles. The largest absolute Gasteiger partial charge is 0.298 e. The van der Waals surface area contributed by atoms with Crippen molar-refractivity contribution in [3.63, 3.8) is 0 Å². The van der Waals surface area contributed by atoms with Crippen molar-refractivity contribution in [2.24, 2.45) is 5.92 Å². The van der Waals surface area contributed by atoms with Crippen LogP contribution in [-0.4, -0.2) is 46.9 Å². The number of nitrogens with zero attached hydrogens (tertiary/aromatic N) is 3. The summed E-state index contributed by atoms with van der Waals surface area (Å²) in [5.74, 6) is 0.881. The first-order valence-electron chi connectivity index (χ1n) is 8.81. The Balaban J connectivity index is 1.48. The van der Waals surface area contributed by atoms with Crippen LogP contribution in [-0.2, 0) is 6.54 Å². The summed E-state index contributed by atoms with van der Waals surface area (Å²) < 4.78 is 0. The Hall–Kier alpha value is -1.46. The van der Waals surface area contributed by atoms with Crippen LogP contribution < -0.4 is 0 Å². The first-order valence-corrected chi connectivity index (χ1v) is 8.81. The smallest absolute Gasteiger partial charge is 0.269 e. The van der Waals surface area contributed by atoms with Crippen molar-refractivity contribution in [3.05, 3.63) is 39.9 Å². The molecule has 1 saturated carbocycles. The number of non-ortho nitro benzene ring substituents is 1. The average molecular weight is 317 g/mol. The highest BCUT2D eigenvalue weighted by atomic mass is 16.6. The zero-order valence-electron chi connectivity index (χ0n) is 14.0. The molecular weight excluding hydrogens is 290 g/mol. The van der Waals surface area contributed by atoms with Gasteiger partial charge in [0, 0.05) is 50.9 Å². The maximum Gasteiger partial charge on any atom is 0.269 e. The number of hydrogen-bond acceptors (Lipinski definition) is 4. The minimum absolute atomic E-state index is 0.171. The molecule has 0 spiro atoms. The molecule has 3 rings (SSSR count). The van der Waals surface area contributed by atoms with Crippen molar-refractivity contribution >= 4 is 5.69 Å². The summed E-state index contributed by atoms with van der Waals surface area (Å²) in [5.41, 5.74) is 1.33. The quantitative estimate of drug-likeness (QED) is 0.631. The standard InChI is InChI=1S/C18H27N3O2/c1-15-3-2-4-18(13-15)20-11-9-19(10-12-20)14-16-5-7-17(8-6-16)21(22)23/h5-8,15,18H,2-4,9-14H2,1H3/t15-,18-/m1/s1. The average Bonchev–Trinajstić information content (AvgIpc) is 2.56. The van der Waals surface area contributed by atoms with Crippen LogP contribution in [0, 0.1) is 16.0 Å². The third-order valence-electron chi connectivity index (χ3n) is 5.39. The summed E-state index contributed by atoms with van der Waals surface area (Å²) in [6, 6.07) is 7.77. The van der Waals surface area contributed by atoms with Gasteiger partial charge in [0.25, 0.3) is 5.69 Å². The fourth-order valence-electron chi connectivity index (χ4n) is 4.00. The predicted molar refractivity (Wildman–Crippen MR) is 91.4 cm³/mol. The Bertz CT molecular complexity index is 524. The van der Waals surface area contributed by atoms with Crippen molar-refractivity contribution in [3.8, 4) is 0 Å². The minimum Gasteiger partial charge on any atom is -0.298 e. The first-order chi connectivity index (χ1) is 11.1. The Morgan fingerprint density at radius 3 is 2.43 bits per heavy atom. The second kappa shape index (κ2) is 7.41. The summed E-state index contributed by atoms with van der Waals surface area (Å²) in [6.45, 7) is 7.79. The van der Waals surface area contributed by atoms with E-state index in [1.54, 1.807) is 12.1 Å². The van der Waals surface area contributed by atoms with Gasteiger partial charge in [0.15, 0.2) is 0 Å². The third-order valence-corrected chi connectivity index (χ3v) is 5.39. The van der Waals surface area contributed by atoms with Gasteiger partial charge in [0.2, 0.25) is 0 Å². The van der Waals surface area contributed by atoms with E-state index in [2.05, 4.69) is 16.7 Å². The molecular formula is C18H27N3O2. The molecule has 1 heterocycles. The summed E-state index contributed by atoms with van der Waals surface area (Å²) in [5, 5.41) is 10.7. The zero-order chi connectivity index (χ0) is 16.2. The molecule has 1 aliphatic heterocycles. The lowest BCUT2D eigenvalue weighted by Gasteiger charge is -2.42. The fourth-order valence-corrected chi connectivity index (χ4v) is 4.00. The van der Waals surface area contributed by atoms with Crippen molar-refractivity contribution in [1.82, 2.24) is 9.80 Å². The molecule has 5 nitrogen and oxygen atoms in total. The van der Waals surface area contributed by atoms with Gasteiger partial charge >= 0.3 is 0 Å². The lowest BCUT2D eigenvalue weighted by atomic mass is 9.86. The number of rotatable bonds is 4. The van der Waals surface area contributed by atoms with Gasteiger partial charge in [-0.25, -0.2) is 0 Å². The molecule has 23 heavy (non-hydrogen) atoms. The van der Waals surface area contributed by atoms with Crippen molar-refractivity contribution in [2.45, 2.75) is 45.2 Å². The molecule has 0 amide bonds. The normalized spacial score (nSPS) is 27.0. The molecule has 2 fully saturated rings. The van der Waals surface area contributed by atoms with Gasteiger partial charge in [-0.15, -0.1) is 0 Å². The second-order valence-corrected chi connectivity index (χ2v) is 7.16. The molecule has 1 aliphatic carbocycles. The highest BCUT2D eigenvalue weighted by Crippen LogP contribution is 2.28. The third kappa shape index (κ3) is 4.30. The van der Waals surface area contributed by atoms with Gasteiger partial charge in [-0.2, -0.15) is 0 Å². The van der Waals surface area contributed by atoms with Gasteiger partial charge < -0.3 is 0 Å². The van der Waals surface area contributed by atoms with E-state index < -0.39 is 0 Å². The summed E-state index contributed by atoms with van der Waals surface area (Å²) in [6.07, 6.45) is 5.51. The molecule has 0 aromatic heterocycles. The van der Waals surface area contributed by atoms with Crippen molar-refractivity contribution in [2.75, 3.05) is 26.2 Å². The maximum atomic E-state index is 10.7. The van der Waals surface area contributed by atoms with Gasteiger partial charge in [-0.1, -0.05) is 31.9 Å². The second-order valence-electron chi connectivity index (χ2n) is 7.16. The highest BCUT2D eigenvalue weighted by Gasteiger charge is 2.27. The SMILES string of the molecule is C[C@@H]1CCC[C@@H](N2CCN(Cc3ccc([N+](=O)[O-])cc3)CC2)C1. The molecule has 2 aliphatic rings. The number of hydrogen-bond donors (Lipinski definition) is 0. The van der Waals surface area contributed by atoms with E-state index in [4.69, 9.17) is 0 Å². The number of nitro benzene ring substituents is 1. The molecule has 0 N–H and O–H groups in total. The number of piperazine rings is 1. The Morgan fingerprint density at radius 2 is 1.83 bits per heavy atom. The van der Waals surface area contributed by atoms with Gasteiger partial charge in [-0.3, -0.25) is 19.9 Å². The van der Waals surface area contributed by atoms with E-state index >= 15 is 0 Å². The van der Waals surface area contributed by atoms with E-state index in [1.165, 1.54) is 25.7 Å². The van der Waals surface area contributed by atoms with Crippen LogP contribution in [0.2, 0.25) is 0 Å². The minimum atomic E-state index is -0.340. The van der Waals surface area contributed by atoms with E-state index in [-0.39, 0.29) is 10.6 Å².